The Kier molecular flexibility index (Phi) is 40.0. The predicted octanol–water partition coefficient (Wildman–Crippen LogP) is -0.189. The van der Waals surface area contributed by atoms with Crippen molar-refractivity contribution in [3.63, 3.8) is 0 Å². The SMILES string of the molecule is OCCOCCOCCCl.[B][B].[N-]=[N+]=NCCOCCOCCO. The van der Waals surface area contributed by atoms with Gasteiger partial charge in [0.25, 0.3) is 0 Å². The van der Waals surface area contributed by atoms with Crippen LogP contribution in [0.1, 0.15) is 0 Å². The van der Waals surface area contributed by atoms with Gasteiger partial charge in [0.1, 0.15) is 0 Å². The molecule has 0 fully saturated rings. The van der Waals surface area contributed by atoms with Crippen LogP contribution < -0.4 is 0 Å². The molecule has 4 radical (unpaired) electrons. The standard InChI is InChI=1S/C6H13ClO3.C6H13N3O3.B2/c7-1-3-9-5-6-10-4-2-8;7-9-8-1-3-11-5-6-12-4-2-10;1-2/h8H,1-6H2;10H,1-6H2;. The summed E-state index contributed by atoms with van der Waals surface area (Å²) in [5.41, 5.74) is 7.89. The lowest BCUT2D eigenvalue weighted by Crippen LogP contribution is -2.08. The maximum atomic E-state index is 8.32. The molecule has 0 aliphatic heterocycles. The van der Waals surface area contributed by atoms with E-state index in [1.807, 2.05) is 0 Å². The van der Waals surface area contributed by atoms with E-state index in [1.54, 1.807) is 0 Å². The first-order valence-corrected chi connectivity index (χ1v) is 7.79. The zero-order valence-corrected chi connectivity index (χ0v) is 14.6. The van der Waals surface area contributed by atoms with Crippen LogP contribution in [0.15, 0.2) is 5.11 Å². The van der Waals surface area contributed by atoms with Gasteiger partial charge in [-0.3, -0.25) is 0 Å². The first-order chi connectivity index (χ1) is 11.8. The van der Waals surface area contributed by atoms with Crippen molar-refractivity contribution in [1.82, 2.24) is 0 Å². The largest absolute Gasteiger partial charge is 0.394 e. The summed E-state index contributed by atoms with van der Waals surface area (Å²) >= 11 is 5.34. The number of aliphatic hydroxyl groups excluding tert-OH is 2. The number of aliphatic hydroxyl groups is 2. The Balaban J connectivity index is -0.000000337. The molecule has 0 aromatic carbocycles. The molecule has 0 rings (SSSR count). The van der Waals surface area contributed by atoms with Crippen LogP contribution in [0.2, 0.25) is 0 Å². The zero-order valence-electron chi connectivity index (χ0n) is 13.9. The Morgan fingerprint density at radius 1 is 0.792 bits per heavy atom. The second-order valence-electron chi connectivity index (χ2n) is 3.54. The van der Waals surface area contributed by atoms with Gasteiger partial charge in [-0.2, -0.15) is 0 Å². The Hall–Kier alpha value is -0.510. The summed E-state index contributed by atoms with van der Waals surface area (Å²) < 4.78 is 19.8. The summed E-state index contributed by atoms with van der Waals surface area (Å²) in [4.78, 5) is 2.56. The Morgan fingerprint density at radius 2 is 1.21 bits per heavy atom. The summed E-state index contributed by atoms with van der Waals surface area (Å²) in [6.45, 7) is 4.10. The minimum atomic E-state index is 0.0265. The number of azide groups is 1. The third-order valence-electron chi connectivity index (χ3n) is 1.84. The lowest BCUT2D eigenvalue weighted by Gasteiger charge is -2.02. The van der Waals surface area contributed by atoms with E-state index in [9.17, 15) is 0 Å². The quantitative estimate of drug-likeness (QED) is 0.103. The average Bonchev–Trinajstić information content (AvgIpc) is 2.63. The molecule has 2 N–H and O–H groups in total. The molecule has 0 atom stereocenters. The van der Waals surface area contributed by atoms with Crippen LogP contribution in [0, 0.1) is 0 Å². The fourth-order valence-electron chi connectivity index (χ4n) is 0.978. The van der Waals surface area contributed by atoms with E-state index in [0.717, 1.165) is 0 Å². The molecule has 12 heteroatoms. The third kappa shape index (κ3) is 37.6. The highest BCUT2D eigenvalue weighted by atomic mass is 35.5. The van der Waals surface area contributed by atoms with Gasteiger partial charge in [-0.05, 0) is 5.53 Å². The Morgan fingerprint density at radius 3 is 1.58 bits per heavy atom. The van der Waals surface area contributed by atoms with Crippen molar-refractivity contribution < 1.29 is 29.2 Å². The van der Waals surface area contributed by atoms with Crippen molar-refractivity contribution in [1.29, 1.82) is 0 Å². The molecular weight excluding hydrogens is 339 g/mol. The van der Waals surface area contributed by atoms with Gasteiger partial charge in [0, 0.05) is 32.8 Å². The van der Waals surface area contributed by atoms with Gasteiger partial charge >= 0.3 is 0 Å². The van der Waals surface area contributed by atoms with E-state index in [2.05, 4.69) is 25.5 Å². The summed E-state index contributed by atoms with van der Waals surface area (Å²) in [6, 6.07) is 0. The highest BCUT2D eigenvalue weighted by Crippen LogP contribution is 1.80. The minimum Gasteiger partial charge on any atom is -0.394 e. The molecule has 0 saturated carbocycles. The monoisotopic (exact) mass is 365 g/mol. The fourth-order valence-corrected chi connectivity index (χ4v) is 1.09. The van der Waals surface area contributed by atoms with Crippen molar-refractivity contribution in [3.8, 4) is 0 Å². The molecule has 0 aliphatic carbocycles. The highest BCUT2D eigenvalue weighted by molar-refractivity contribution is 6.75. The lowest BCUT2D eigenvalue weighted by molar-refractivity contribution is 0.0354. The molecule has 0 heterocycles. The molecule has 0 bridgehead atoms. The number of alkyl halides is 1. The summed E-state index contributed by atoms with van der Waals surface area (Å²) in [7, 11) is 8.00. The molecule has 0 aromatic rings. The van der Waals surface area contributed by atoms with Crippen LogP contribution in [0.25, 0.3) is 10.4 Å². The highest BCUT2D eigenvalue weighted by Gasteiger charge is 1.88. The molecule has 0 amide bonds. The van der Waals surface area contributed by atoms with Crippen LogP contribution in [0.3, 0.4) is 0 Å². The van der Waals surface area contributed by atoms with Crippen molar-refractivity contribution >= 4 is 27.1 Å². The summed E-state index contributed by atoms with van der Waals surface area (Å²) in [5, 5.41) is 19.9. The molecule has 0 aliphatic rings. The van der Waals surface area contributed by atoms with Crippen LogP contribution >= 0.6 is 11.6 Å². The minimum absolute atomic E-state index is 0.0265. The van der Waals surface area contributed by atoms with E-state index in [1.165, 1.54) is 0 Å². The first-order valence-electron chi connectivity index (χ1n) is 7.26. The van der Waals surface area contributed by atoms with Gasteiger partial charge < -0.3 is 29.2 Å². The van der Waals surface area contributed by atoms with Gasteiger partial charge in [0.2, 0.25) is 0 Å². The third-order valence-corrected chi connectivity index (χ3v) is 1.99. The molecule has 138 valence electrons. The average molecular weight is 365 g/mol. The Bertz CT molecular complexity index is 247. The van der Waals surface area contributed by atoms with Crippen LogP contribution in [-0.4, -0.2) is 104 Å². The maximum Gasteiger partial charge on any atom is 0.0701 e. The van der Waals surface area contributed by atoms with E-state index in [4.69, 9.17) is 46.3 Å². The topological polar surface area (TPSA) is 126 Å². The molecule has 0 aromatic heterocycles. The lowest BCUT2D eigenvalue weighted by atomic mass is 9.81. The predicted molar refractivity (Wildman–Crippen MR) is 93.7 cm³/mol. The molecule has 0 saturated heterocycles. The van der Waals surface area contributed by atoms with Gasteiger partial charge in [0.15, 0.2) is 0 Å². The van der Waals surface area contributed by atoms with E-state index in [0.29, 0.717) is 65.3 Å². The van der Waals surface area contributed by atoms with Crippen molar-refractivity contribution in [2.75, 3.05) is 78.5 Å². The number of hydrogen-bond donors (Lipinski definition) is 2. The van der Waals surface area contributed by atoms with E-state index < -0.39 is 0 Å². The number of ether oxygens (including phenoxy) is 4. The molecule has 24 heavy (non-hydrogen) atoms. The van der Waals surface area contributed by atoms with Crippen LogP contribution in [0.4, 0.5) is 0 Å². The van der Waals surface area contributed by atoms with E-state index in [-0.39, 0.29) is 13.2 Å². The maximum absolute atomic E-state index is 8.32. The molecule has 0 unspecified atom stereocenters. The first kappa shape index (κ1) is 28.3. The summed E-state index contributed by atoms with van der Waals surface area (Å²) in [6.07, 6.45) is 0. The van der Waals surface area contributed by atoms with Crippen LogP contribution in [0.5, 0.6) is 0 Å². The normalized spacial score (nSPS) is 9.12. The number of nitrogens with zero attached hydrogens (tertiary/aromatic N) is 3. The van der Waals surface area contributed by atoms with Gasteiger partial charge in [-0.25, -0.2) is 0 Å². The molecular formula is C12H26B2ClN3O6. The smallest absolute Gasteiger partial charge is 0.0701 e. The van der Waals surface area contributed by atoms with Gasteiger partial charge in [-0.15, -0.1) is 11.6 Å². The summed E-state index contributed by atoms with van der Waals surface area (Å²) in [5.74, 6) is 0.514. The second-order valence-corrected chi connectivity index (χ2v) is 3.92. The van der Waals surface area contributed by atoms with Crippen LogP contribution in [-0.2, 0) is 18.9 Å². The fraction of sp³-hybridized carbons (Fsp3) is 1.00. The number of rotatable bonds is 15. The van der Waals surface area contributed by atoms with Crippen molar-refractivity contribution in [3.05, 3.63) is 10.4 Å². The Labute approximate surface area is 151 Å². The zero-order chi connectivity index (χ0) is 18.7. The second kappa shape index (κ2) is 34.0. The molecule has 9 nitrogen and oxygen atoms in total. The molecule has 0 spiro atoms. The van der Waals surface area contributed by atoms with Gasteiger partial charge in [0.05, 0.1) is 66.1 Å². The van der Waals surface area contributed by atoms with Gasteiger partial charge in [-0.1, -0.05) is 5.11 Å². The van der Waals surface area contributed by atoms with Crippen molar-refractivity contribution in [2.24, 2.45) is 5.11 Å². The van der Waals surface area contributed by atoms with E-state index >= 15 is 0 Å². The number of halogens is 1. The van der Waals surface area contributed by atoms with Crippen molar-refractivity contribution in [2.45, 2.75) is 0 Å². The number of hydrogen-bond acceptors (Lipinski definition) is 7.